The Morgan fingerprint density at radius 1 is 1.36 bits per heavy atom. The molecule has 1 aliphatic rings. The van der Waals surface area contributed by atoms with Crippen LogP contribution in [0.15, 0.2) is 24.3 Å². The highest BCUT2D eigenvalue weighted by Crippen LogP contribution is 2.24. The van der Waals surface area contributed by atoms with Gasteiger partial charge in [0.05, 0.1) is 12.0 Å². The predicted molar refractivity (Wildman–Crippen MR) is 57.8 cm³/mol. The molecule has 14 heavy (non-hydrogen) atoms. The average molecular weight is 232 g/mol. The summed E-state index contributed by atoms with van der Waals surface area (Å²) in [5.74, 6) is 0.476. The van der Waals surface area contributed by atoms with Crippen molar-refractivity contribution in [2.75, 3.05) is 12.4 Å². The molecule has 0 spiro atoms. The van der Waals surface area contributed by atoms with Gasteiger partial charge in [-0.3, -0.25) is 5.32 Å². The Hall–Kier alpha value is -0.280. The molecule has 0 bridgehead atoms. The third-order valence-electron chi connectivity index (χ3n) is 2.24. The minimum Gasteiger partial charge on any atom is -0.353 e. The molecule has 1 heterocycles. The Balaban J connectivity index is 2.06. The lowest BCUT2D eigenvalue weighted by Gasteiger charge is -2.10. The van der Waals surface area contributed by atoms with E-state index >= 15 is 0 Å². The maximum absolute atomic E-state index is 5.80. The fourth-order valence-corrected chi connectivity index (χ4v) is 1.81. The first kappa shape index (κ1) is 10.2. The molecule has 1 aromatic carbocycles. The second-order valence-electron chi connectivity index (χ2n) is 3.23. The molecule has 1 fully saturated rings. The number of rotatable bonds is 2. The molecule has 0 aromatic heterocycles. The van der Waals surface area contributed by atoms with Crippen LogP contribution in [0.5, 0.6) is 0 Å². The van der Waals surface area contributed by atoms with E-state index in [4.69, 9.17) is 27.9 Å². The zero-order valence-electron chi connectivity index (χ0n) is 7.54. The third-order valence-corrected chi connectivity index (χ3v) is 2.77. The highest BCUT2D eigenvalue weighted by atomic mass is 35.5. The summed E-state index contributed by atoms with van der Waals surface area (Å²) >= 11 is 11.5. The fraction of sp³-hybridized carbons (Fsp3) is 0.400. The number of benzene rings is 1. The van der Waals surface area contributed by atoms with Crippen molar-refractivity contribution in [1.29, 1.82) is 0 Å². The zero-order valence-corrected chi connectivity index (χ0v) is 9.05. The third kappa shape index (κ3) is 2.20. The standard InChI is InChI=1S/C10H11Cl2NO/c11-5-10-13-6-9(14-10)7-1-3-8(12)4-2-7/h1-4,9-10,13H,5-6H2. The van der Waals surface area contributed by atoms with Gasteiger partial charge in [-0.15, -0.1) is 11.6 Å². The van der Waals surface area contributed by atoms with Crippen LogP contribution in [-0.2, 0) is 4.74 Å². The van der Waals surface area contributed by atoms with E-state index in [2.05, 4.69) is 5.32 Å². The topological polar surface area (TPSA) is 21.3 Å². The molecule has 0 saturated carbocycles. The van der Waals surface area contributed by atoms with Crippen LogP contribution in [0.2, 0.25) is 5.02 Å². The molecule has 0 radical (unpaired) electrons. The van der Waals surface area contributed by atoms with Crippen molar-refractivity contribution < 1.29 is 4.74 Å². The molecule has 4 heteroatoms. The lowest BCUT2D eigenvalue weighted by atomic mass is 10.1. The highest BCUT2D eigenvalue weighted by molar-refractivity contribution is 6.30. The molecule has 1 aliphatic heterocycles. The van der Waals surface area contributed by atoms with Gasteiger partial charge >= 0.3 is 0 Å². The van der Waals surface area contributed by atoms with Gasteiger partial charge in [0.25, 0.3) is 0 Å². The smallest absolute Gasteiger partial charge is 0.122 e. The number of halogens is 2. The molecule has 2 rings (SSSR count). The molecular formula is C10H11Cl2NO. The molecule has 76 valence electrons. The van der Waals surface area contributed by atoms with E-state index in [1.165, 1.54) is 0 Å². The number of nitrogens with one attached hydrogen (secondary N) is 1. The van der Waals surface area contributed by atoms with Crippen molar-refractivity contribution in [1.82, 2.24) is 5.32 Å². The summed E-state index contributed by atoms with van der Waals surface area (Å²) in [6, 6.07) is 7.69. The van der Waals surface area contributed by atoms with E-state index in [1.807, 2.05) is 24.3 Å². The van der Waals surface area contributed by atoms with E-state index in [0.717, 1.165) is 17.1 Å². The van der Waals surface area contributed by atoms with Crippen LogP contribution in [0.25, 0.3) is 0 Å². The minimum absolute atomic E-state index is 0.0302. The molecule has 2 atom stereocenters. The maximum Gasteiger partial charge on any atom is 0.122 e. The number of alkyl halides is 1. The van der Waals surface area contributed by atoms with E-state index < -0.39 is 0 Å². The summed E-state index contributed by atoms with van der Waals surface area (Å²) in [7, 11) is 0. The molecular weight excluding hydrogens is 221 g/mol. The van der Waals surface area contributed by atoms with Crippen molar-refractivity contribution in [3.63, 3.8) is 0 Å². The molecule has 1 N–H and O–H groups in total. The molecule has 1 saturated heterocycles. The molecule has 0 aliphatic carbocycles. The van der Waals surface area contributed by atoms with E-state index in [0.29, 0.717) is 5.88 Å². The van der Waals surface area contributed by atoms with E-state index in [1.54, 1.807) is 0 Å². The van der Waals surface area contributed by atoms with Gasteiger partial charge in [-0.05, 0) is 17.7 Å². The Kier molecular flexibility index (Phi) is 3.29. The van der Waals surface area contributed by atoms with Crippen LogP contribution in [-0.4, -0.2) is 18.7 Å². The summed E-state index contributed by atoms with van der Waals surface area (Å²) in [6.07, 6.45) is 0.0633. The Labute approximate surface area is 93.2 Å². The van der Waals surface area contributed by atoms with Crippen LogP contribution in [0.1, 0.15) is 11.7 Å². The number of hydrogen-bond donors (Lipinski definition) is 1. The first-order chi connectivity index (χ1) is 6.79. The first-order valence-corrected chi connectivity index (χ1v) is 5.41. The van der Waals surface area contributed by atoms with Crippen LogP contribution in [0.3, 0.4) is 0 Å². The van der Waals surface area contributed by atoms with E-state index in [-0.39, 0.29) is 12.3 Å². The van der Waals surface area contributed by atoms with Crippen molar-refractivity contribution in [2.24, 2.45) is 0 Å². The Bertz CT molecular complexity index is 301. The minimum atomic E-state index is -0.0302. The van der Waals surface area contributed by atoms with Crippen molar-refractivity contribution in [3.05, 3.63) is 34.9 Å². The fourth-order valence-electron chi connectivity index (χ4n) is 1.50. The van der Waals surface area contributed by atoms with Crippen molar-refractivity contribution >= 4 is 23.2 Å². The first-order valence-electron chi connectivity index (χ1n) is 4.50. The van der Waals surface area contributed by atoms with Crippen molar-refractivity contribution in [2.45, 2.75) is 12.3 Å². The Morgan fingerprint density at radius 2 is 2.07 bits per heavy atom. The Morgan fingerprint density at radius 3 is 2.64 bits per heavy atom. The second-order valence-corrected chi connectivity index (χ2v) is 3.97. The zero-order chi connectivity index (χ0) is 9.97. The lowest BCUT2D eigenvalue weighted by molar-refractivity contribution is 0.0550. The SMILES string of the molecule is ClCC1NCC(c2ccc(Cl)cc2)O1. The summed E-state index contributed by atoms with van der Waals surface area (Å²) < 4.78 is 5.65. The number of hydrogen-bond acceptors (Lipinski definition) is 2. The molecule has 2 unspecified atom stereocenters. The highest BCUT2D eigenvalue weighted by Gasteiger charge is 2.24. The van der Waals surface area contributed by atoms with E-state index in [9.17, 15) is 0 Å². The maximum atomic E-state index is 5.80. The second kappa shape index (κ2) is 4.49. The molecule has 1 aromatic rings. The largest absolute Gasteiger partial charge is 0.353 e. The van der Waals surface area contributed by atoms with Gasteiger partial charge in [0.15, 0.2) is 0 Å². The van der Waals surface area contributed by atoms with Gasteiger partial charge in [-0.2, -0.15) is 0 Å². The van der Waals surface area contributed by atoms with Gasteiger partial charge in [-0.1, -0.05) is 23.7 Å². The average Bonchev–Trinajstić information content (AvgIpc) is 2.67. The van der Waals surface area contributed by atoms with Gasteiger partial charge in [0.2, 0.25) is 0 Å². The summed E-state index contributed by atoms with van der Waals surface area (Å²) in [5, 5.41) is 3.93. The van der Waals surface area contributed by atoms with Crippen LogP contribution >= 0.6 is 23.2 Å². The van der Waals surface area contributed by atoms with Crippen LogP contribution < -0.4 is 5.32 Å². The summed E-state index contributed by atoms with van der Waals surface area (Å²) in [4.78, 5) is 0. The lowest BCUT2D eigenvalue weighted by Crippen LogP contribution is -2.23. The van der Waals surface area contributed by atoms with Gasteiger partial charge in [-0.25, -0.2) is 0 Å². The van der Waals surface area contributed by atoms with Crippen LogP contribution in [0.4, 0.5) is 0 Å². The number of ether oxygens (including phenoxy) is 1. The van der Waals surface area contributed by atoms with Gasteiger partial charge in [0, 0.05) is 11.6 Å². The predicted octanol–water partition coefficient (Wildman–Crippen LogP) is 2.57. The van der Waals surface area contributed by atoms with Crippen molar-refractivity contribution in [3.8, 4) is 0 Å². The molecule has 2 nitrogen and oxygen atoms in total. The monoisotopic (exact) mass is 231 g/mol. The summed E-state index contributed by atoms with van der Waals surface area (Å²) in [5.41, 5.74) is 1.13. The summed E-state index contributed by atoms with van der Waals surface area (Å²) in [6.45, 7) is 0.805. The van der Waals surface area contributed by atoms with Crippen LogP contribution in [0, 0.1) is 0 Å². The van der Waals surface area contributed by atoms with Gasteiger partial charge < -0.3 is 4.74 Å². The quantitative estimate of drug-likeness (QED) is 0.791. The van der Waals surface area contributed by atoms with Gasteiger partial charge in [0.1, 0.15) is 6.23 Å². The normalized spacial score (nSPS) is 26.7. The molecule has 0 amide bonds.